The molecule has 2 fully saturated rings. The maximum Gasteiger partial charge on any atom is 0.222 e. The molecule has 1 saturated heterocycles. The van der Waals surface area contributed by atoms with E-state index in [0.29, 0.717) is 18.3 Å². The van der Waals surface area contributed by atoms with Crippen molar-refractivity contribution >= 4 is 5.91 Å². The molecule has 1 amide bonds. The van der Waals surface area contributed by atoms with Crippen LogP contribution in [0.2, 0.25) is 0 Å². The molecule has 17 heavy (non-hydrogen) atoms. The normalized spacial score (nSPS) is 33.8. The van der Waals surface area contributed by atoms with Crippen LogP contribution in [0.25, 0.3) is 0 Å². The third-order valence-corrected chi connectivity index (χ3v) is 4.22. The quantitative estimate of drug-likeness (QED) is 0.761. The highest BCUT2D eigenvalue weighted by Crippen LogP contribution is 2.38. The fourth-order valence-electron chi connectivity index (χ4n) is 3.17. The Kier molecular flexibility index (Phi) is 4.05. The molecule has 98 valence electrons. The zero-order chi connectivity index (χ0) is 12.4. The summed E-state index contributed by atoms with van der Waals surface area (Å²) in [6, 6.07) is 0.183. The number of nitrogens with two attached hydrogens (primary N) is 1. The molecule has 0 aromatic carbocycles. The van der Waals surface area contributed by atoms with E-state index in [4.69, 9.17) is 5.73 Å². The van der Waals surface area contributed by atoms with E-state index in [2.05, 4.69) is 0 Å². The van der Waals surface area contributed by atoms with Crippen molar-refractivity contribution in [2.75, 3.05) is 13.1 Å². The van der Waals surface area contributed by atoms with Crippen LogP contribution in [0.3, 0.4) is 0 Å². The van der Waals surface area contributed by atoms with Gasteiger partial charge in [-0.1, -0.05) is 0 Å². The minimum atomic E-state index is -0.179. The van der Waals surface area contributed by atoms with E-state index in [-0.39, 0.29) is 18.1 Å². The monoisotopic (exact) mass is 240 g/mol. The molecule has 4 atom stereocenters. The maximum absolute atomic E-state index is 12.0. The van der Waals surface area contributed by atoms with Crippen molar-refractivity contribution in [1.82, 2.24) is 4.90 Å². The number of aliphatic hydroxyl groups is 1. The summed E-state index contributed by atoms with van der Waals surface area (Å²) >= 11 is 0. The lowest BCUT2D eigenvalue weighted by Gasteiger charge is -2.18. The number of hydrogen-bond donors (Lipinski definition) is 2. The van der Waals surface area contributed by atoms with Gasteiger partial charge in [-0.15, -0.1) is 0 Å². The minimum Gasteiger partial charge on any atom is -0.393 e. The van der Waals surface area contributed by atoms with Crippen molar-refractivity contribution < 1.29 is 9.90 Å². The zero-order valence-electron chi connectivity index (χ0n) is 10.6. The summed E-state index contributed by atoms with van der Waals surface area (Å²) in [5, 5.41) is 9.79. The molecule has 0 spiro atoms. The second-order valence-corrected chi connectivity index (χ2v) is 5.74. The molecule has 1 aliphatic heterocycles. The average molecular weight is 240 g/mol. The highest BCUT2D eigenvalue weighted by Gasteiger charge is 2.42. The molecule has 4 heteroatoms. The molecule has 1 saturated carbocycles. The first kappa shape index (κ1) is 12.8. The van der Waals surface area contributed by atoms with Crippen LogP contribution in [-0.2, 0) is 4.79 Å². The lowest BCUT2D eigenvalue weighted by atomic mass is 10.00. The average Bonchev–Trinajstić information content (AvgIpc) is 2.81. The number of carbonyl (C=O) groups is 1. The number of hydrogen-bond acceptors (Lipinski definition) is 3. The van der Waals surface area contributed by atoms with Crippen LogP contribution in [0, 0.1) is 11.8 Å². The standard InChI is InChI=1S/C13H24N2O2/c1-9(14)3-2-4-13(17)15-7-10-5-6-12(16)11(10)8-15/h9-12,16H,2-8,14H2,1H3. The molecule has 2 aliphatic rings. The summed E-state index contributed by atoms with van der Waals surface area (Å²) in [6.07, 6.45) is 4.22. The molecule has 3 N–H and O–H groups in total. The third kappa shape index (κ3) is 2.99. The largest absolute Gasteiger partial charge is 0.393 e. The van der Waals surface area contributed by atoms with E-state index in [1.54, 1.807) is 0 Å². The smallest absolute Gasteiger partial charge is 0.222 e. The van der Waals surface area contributed by atoms with E-state index >= 15 is 0 Å². The number of nitrogens with zero attached hydrogens (tertiary/aromatic N) is 1. The van der Waals surface area contributed by atoms with Crippen LogP contribution < -0.4 is 5.73 Å². The molecule has 0 radical (unpaired) electrons. The number of rotatable bonds is 4. The number of likely N-dealkylation sites (tertiary alicyclic amines) is 1. The van der Waals surface area contributed by atoms with Gasteiger partial charge >= 0.3 is 0 Å². The molecule has 4 nitrogen and oxygen atoms in total. The zero-order valence-corrected chi connectivity index (χ0v) is 10.6. The SMILES string of the molecule is CC(N)CCCC(=O)N1CC2CCC(O)C2C1. The van der Waals surface area contributed by atoms with Crippen molar-refractivity contribution in [3.8, 4) is 0 Å². The van der Waals surface area contributed by atoms with Crippen LogP contribution in [0.15, 0.2) is 0 Å². The highest BCUT2D eigenvalue weighted by atomic mass is 16.3. The maximum atomic E-state index is 12.0. The van der Waals surface area contributed by atoms with Gasteiger partial charge < -0.3 is 15.7 Å². The lowest BCUT2D eigenvalue weighted by Crippen LogP contribution is -2.31. The van der Waals surface area contributed by atoms with Gasteiger partial charge in [0, 0.05) is 31.5 Å². The Morgan fingerprint density at radius 3 is 2.88 bits per heavy atom. The second kappa shape index (κ2) is 5.36. The van der Waals surface area contributed by atoms with Gasteiger partial charge in [0.25, 0.3) is 0 Å². The van der Waals surface area contributed by atoms with Crippen molar-refractivity contribution in [2.45, 2.75) is 51.2 Å². The predicted octanol–water partition coefficient (Wildman–Crippen LogP) is 0.733. The summed E-state index contributed by atoms with van der Waals surface area (Å²) in [7, 11) is 0. The Morgan fingerprint density at radius 2 is 2.24 bits per heavy atom. The van der Waals surface area contributed by atoms with E-state index in [9.17, 15) is 9.90 Å². The molecular weight excluding hydrogens is 216 g/mol. The molecule has 1 heterocycles. The van der Waals surface area contributed by atoms with Crippen LogP contribution >= 0.6 is 0 Å². The second-order valence-electron chi connectivity index (χ2n) is 5.74. The van der Waals surface area contributed by atoms with Crippen molar-refractivity contribution in [2.24, 2.45) is 17.6 Å². The fourth-order valence-corrected chi connectivity index (χ4v) is 3.17. The van der Waals surface area contributed by atoms with Gasteiger partial charge in [0.05, 0.1) is 6.10 Å². The van der Waals surface area contributed by atoms with Gasteiger partial charge in [-0.2, -0.15) is 0 Å². The lowest BCUT2D eigenvalue weighted by molar-refractivity contribution is -0.130. The number of aliphatic hydroxyl groups excluding tert-OH is 1. The Hall–Kier alpha value is -0.610. The first-order chi connectivity index (χ1) is 8.08. The predicted molar refractivity (Wildman–Crippen MR) is 66.3 cm³/mol. The van der Waals surface area contributed by atoms with Crippen LogP contribution in [0.4, 0.5) is 0 Å². The van der Waals surface area contributed by atoms with E-state index in [1.165, 1.54) is 0 Å². The van der Waals surface area contributed by atoms with Crippen LogP contribution in [0.5, 0.6) is 0 Å². The molecular formula is C13H24N2O2. The fraction of sp³-hybridized carbons (Fsp3) is 0.923. The van der Waals surface area contributed by atoms with Crippen molar-refractivity contribution in [1.29, 1.82) is 0 Å². The van der Waals surface area contributed by atoms with Gasteiger partial charge in [-0.25, -0.2) is 0 Å². The Bertz CT molecular complexity index is 281. The number of fused-ring (bicyclic) bond motifs is 1. The molecule has 0 bridgehead atoms. The number of carbonyl (C=O) groups excluding carboxylic acids is 1. The van der Waals surface area contributed by atoms with Gasteiger partial charge in [-0.05, 0) is 38.5 Å². The summed E-state index contributed by atoms with van der Waals surface area (Å²) < 4.78 is 0. The minimum absolute atomic E-state index is 0.179. The Labute approximate surface area is 103 Å². The van der Waals surface area contributed by atoms with E-state index in [1.807, 2.05) is 11.8 Å². The van der Waals surface area contributed by atoms with Crippen molar-refractivity contribution in [3.05, 3.63) is 0 Å². The highest BCUT2D eigenvalue weighted by molar-refractivity contribution is 5.76. The first-order valence-corrected chi connectivity index (χ1v) is 6.79. The molecule has 4 unspecified atom stereocenters. The van der Waals surface area contributed by atoms with Gasteiger partial charge in [0.15, 0.2) is 0 Å². The molecule has 0 aromatic rings. The van der Waals surface area contributed by atoms with Gasteiger partial charge in [-0.3, -0.25) is 4.79 Å². The van der Waals surface area contributed by atoms with Gasteiger partial charge in [0.2, 0.25) is 5.91 Å². The molecule has 1 aliphatic carbocycles. The first-order valence-electron chi connectivity index (χ1n) is 6.79. The Balaban J connectivity index is 1.75. The number of amides is 1. The third-order valence-electron chi connectivity index (χ3n) is 4.22. The summed E-state index contributed by atoms with van der Waals surface area (Å²) in [4.78, 5) is 13.9. The molecule has 2 rings (SSSR count). The topological polar surface area (TPSA) is 66.6 Å². The summed E-state index contributed by atoms with van der Waals surface area (Å²) in [5.41, 5.74) is 5.67. The van der Waals surface area contributed by atoms with E-state index in [0.717, 1.165) is 38.8 Å². The van der Waals surface area contributed by atoms with E-state index < -0.39 is 0 Å². The van der Waals surface area contributed by atoms with Crippen LogP contribution in [-0.4, -0.2) is 41.1 Å². The molecule has 0 aromatic heterocycles. The Morgan fingerprint density at radius 1 is 1.47 bits per heavy atom. The summed E-state index contributed by atoms with van der Waals surface area (Å²) in [5.74, 6) is 1.13. The summed E-state index contributed by atoms with van der Waals surface area (Å²) in [6.45, 7) is 3.60. The van der Waals surface area contributed by atoms with Crippen LogP contribution in [0.1, 0.15) is 39.0 Å². The van der Waals surface area contributed by atoms with Gasteiger partial charge in [0.1, 0.15) is 0 Å². The van der Waals surface area contributed by atoms with Crippen molar-refractivity contribution in [3.63, 3.8) is 0 Å².